The summed E-state index contributed by atoms with van der Waals surface area (Å²) in [6.45, 7) is 0.677. The minimum Gasteiger partial charge on any atom is -0.353 e. The van der Waals surface area contributed by atoms with E-state index in [-0.39, 0.29) is 10.7 Å². The van der Waals surface area contributed by atoms with Crippen LogP contribution in [0.15, 0.2) is 36.0 Å². The molecule has 1 heterocycles. The number of allylic oxidation sites excluding steroid dienone is 1. The Hall–Kier alpha value is -2.35. The van der Waals surface area contributed by atoms with Gasteiger partial charge >= 0.3 is 6.18 Å². The lowest BCUT2D eigenvalue weighted by Crippen LogP contribution is -2.09. The molecule has 0 aliphatic heterocycles. The number of hydrogen-bond acceptors (Lipinski definition) is 5. The third-order valence-corrected chi connectivity index (χ3v) is 4.55. The molecular formula is C18H19ClF3N5. The highest BCUT2D eigenvalue weighted by Crippen LogP contribution is 2.36. The van der Waals surface area contributed by atoms with Crippen molar-refractivity contribution in [2.24, 2.45) is 0 Å². The summed E-state index contributed by atoms with van der Waals surface area (Å²) in [5.74, 6) is 0.612. The molecular weight excluding hydrogens is 379 g/mol. The first kappa shape index (κ1) is 19.4. The number of aromatic nitrogens is 3. The van der Waals surface area contributed by atoms with Crippen molar-refractivity contribution in [2.75, 3.05) is 17.2 Å². The molecule has 0 unspecified atom stereocenters. The third kappa shape index (κ3) is 5.56. The number of rotatable bonds is 6. The van der Waals surface area contributed by atoms with Gasteiger partial charge in [0.2, 0.25) is 5.95 Å². The predicted octanol–water partition coefficient (Wildman–Crippen LogP) is 5.59. The molecule has 1 aliphatic carbocycles. The maximum Gasteiger partial charge on any atom is 0.417 e. The Morgan fingerprint density at radius 2 is 2.04 bits per heavy atom. The normalized spacial score (nSPS) is 14.6. The molecule has 2 N–H and O–H groups in total. The fourth-order valence-electron chi connectivity index (χ4n) is 2.87. The lowest BCUT2D eigenvalue weighted by Gasteiger charge is -2.13. The van der Waals surface area contributed by atoms with Crippen LogP contribution >= 0.6 is 11.6 Å². The minimum absolute atomic E-state index is 0.213. The average Bonchev–Trinajstić information content (AvgIpc) is 2.64. The van der Waals surface area contributed by atoms with Gasteiger partial charge in [-0.15, -0.1) is 5.10 Å². The topological polar surface area (TPSA) is 62.7 Å². The van der Waals surface area contributed by atoms with Crippen LogP contribution in [0.3, 0.4) is 0 Å². The average molecular weight is 398 g/mol. The van der Waals surface area contributed by atoms with Gasteiger partial charge in [0.05, 0.1) is 16.8 Å². The molecule has 3 rings (SSSR count). The van der Waals surface area contributed by atoms with Crippen LogP contribution in [0.1, 0.15) is 37.7 Å². The van der Waals surface area contributed by atoms with Crippen molar-refractivity contribution in [3.8, 4) is 0 Å². The van der Waals surface area contributed by atoms with Crippen LogP contribution < -0.4 is 10.6 Å². The third-order valence-electron chi connectivity index (χ3n) is 4.22. The Morgan fingerprint density at radius 3 is 2.78 bits per heavy atom. The molecule has 144 valence electrons. The monoisotopic (exact) mass is 397 g/mol. The molecule has 2 aromatic rings. The molecule has 0 radical (unpaired) electrons. The highest BCUT2D eigenvalue weighted by atomic mass is 35.5. The number of anilines is 3. The van der Waals surface area contributed by atoms with E-state index in [4.69, 9.17) is 11.6 Å². The van der Waals surface area contributed by atoms with Gasteiger partial charge in [-0.05, 0) is 50.3 Å². The highest BCUT2D eigenvalue weighted by Gasteiger charge is 2.33. The molecule has 1 aromatic heterocycles. The van der Waals surface area contributed by atoms with E-state index in [1.165, 1.54) is 36.7 Å². The standard InChI is InChI=1S/C18H19ClF3N5/c19-15-7-6-13(10-14(15)18(20,21)22)25-16-11-24-27-17(26-16)23-9-8-12-4-2-1-3-5-12/h4,6-7,10-11H,1-3,5,8-9H2,(H2,23,25,26,27). The van der Waals surface area contributed by atoms with Crippen LogP contribution in [0.4, 0.5) is 30.6 Å². The zero-order valence-electron chi connectivity index (χ0n) is 14.5. The highest BCUT2D eigenvalue weighted by molar-refractivity contribution is 6.31. The van der Waals surface area contributed by atoms with Crippen LogP contribution in [-0.2, 0) is 6.18 Å². The molecule has 0 saturated heterocycles. The van der Waals surface area contributed by atoms with E-state index in [1.807, 2.05) is 0 Å². The number of nitrogens with one attached hydrogen (secondary N) is 2. The number of hydrogen-bond donors (Lipinski definition) is 2. The fraction of sp³-hybridized carbons (Fsp3) is 0.389. The first-order valence-corrected chi connectivity index (χ1v) is 9.05. The van der Waals surface area contributed by atoms with Gasteiger partial charge in [0, 0.05) is 12.2 Å². The number of halogens is 4. The maximum atomic E-state index is 13.0. The summed E-state index contributed by atoms with van der Waals surface area (Å²) >= 11 is 5.63. The van der Waals surface area contributed by atoms with E-state index < -0.39 is 11.7 Å². The Kier molecular flexibility index (Phi) is 6.15. The molecule has 0 spiro atoms. The van der Waals surface area contributed by atoms with E-state index >= 15 is 0 Å². The van der Waals surface area contributed by atoms with E-state index in [2.05, 4.69) is 31.9 Å². The predicted molar refractivity (Wildman–Crippen MR) is 99.2 cm³/mol. The van der Waals surface area contributed by atoms with Crippen molar-refractivity contribution in [2.45, 2.75) is 38.3 Å². The van der Waals surface area contributed by atoms with Crippen LogP contribution in [0.25, 0.3) is 0 Å². The SMILES string of the molecule is FC(F)(F)c1cc(Nc2cnnc(NCCC3=CCCCC3)n2)ccc1Cl. The van der Waals surface area contributed by atoms with Crippen molar-refractivity contribution in [1.82, 2.24) is 15.2 Å². The molecule has 9 heteroatoms. The summed E-state index contributed by atoms with van der Waals surface area (Å²) in [5, 5.41) is 13.3. The first-order valence-electron chi connectivity index (χ1n) is 8.67. The van der Waals surface area contributed by atoms with Gasteiger partial charge in [-0.1, -0.05) is 23.3 Å². The second-order valence-electron chi connectivity index (χ2n) is 6.27. The summed E-state index contributed by atoms with van der Waals surface area (Å²) in [7, 11) is 0. The van der Waals surface area contributed by atoms with Crippen molar-refractivity contribution in [1.29, 1.82) is 0 Å². The number of benzene rings is 1. The molecule has 0 bridgehead atoms. The Balaban J connectivity index is 1.63. The van der Waals surface area contributed by atoms with Gasteiger partial charge < -0.3 is 10.6 Å². The number of nitrogens with zero attached hydrogens (tertiary/aromatic N) is 3. The van der Waals surface area contributed by atoms with Crippen molar-refractivity contribution < 1.29 is 13.2 Å². The fourth-order valence-corrected chi connectivity index (χ4v) is 3.10. The van der Waals surface area contributed by atoms with Crippen LogP contribution in [-0.4, -0.2) is 21.7 Å². The number of alkyl halides is 3. The van der Waals surface area contributed by atoms with E-state index in [9.17, 15) is 13.2 Å². The van der Waals surface area contributed by atoms with Crippen molar-refractivity contribution >= 4 is 29.1 Å². The molecule has 0 atom stereocenters. The van der Waals surface area contributed by atoms with Crippen LogP contribution in [0.2, 0.25) is 5.02 Å². The molecule has 27 heavy (non-hydrogen) atoms. The maximum absolute atomic E-state index is 13.0. The lowest BCUT2D eigenvalue weighted by atomic mass is 9.97. The molecule has 1 aliphatic rings. The smallest absolute Gasteiger partial charge is 0.353 e. The van der Waals surface area contributed by atoms with Crippen LogP contribution in [0.5, 0.6) is 0 Å². The van der Waals surface area contributed by atoms with E-state index in [0.717, 1.165) is 25.3 Å². The van der Waals surface area contributed by atoms with Gasteiger partial charge in [0.25, 0.3) is 0 Å². The van der Waals surface area contributed by atoms with Crippen molar-refractivity contribution in [3.63, 3.8) is 0 Å². The Labute approximate surface area is 160 Å². The Morgan fingerprint density at radius 1 is 1.19 bits per heavy atom. The zero-order chi connectivity index (χ0) is 19.3. The molecule has 0 amide bonds. The summed E-state index contributed by atoms with van der Waals surface area (Å²) in [5.41, 5.74) is 0.734. The molecule has 1 aromatic carbocycles. The van der Waals surface area contributed by atoms with Gasteiger partial charge in [-0.3, -0.25) is 0 Å². The lowest BCUT2D eigenvalue weighted by molar-refractivity contribution is -0.137. The van der Waals surface area contributed by atoms with Gasteiger partial charge in [0.1, 0.15) is 0 Å². The second kappa shape index (κ2) is 8.56. The summed E-state index contributed by atoms with van der Waals surface area (Å²) in [4.78, 5) is 4.24. The summed E-state index contributed by atoms with van der Waals surface area (Å²) in [6.07, 6.45) is 4.74. The van der Waals surface area contributed by atoms with Gasteiger partial charge in [-0.25, -0.2) is 0 Å². The van der Waals surface area contributed by atoms with E-state index in [1.54, 1.807) is 0 Å². The molecule has 0 saturated carbocycles. The molecule has 5 nitrogen and oxygen atoms in total. The van der Waals surface area contributed by atoms with Gasteiger partial charge in [-0.2, -0.15) is 23.3 Å². The van der Waals surface area contributed by atoms with E-state index in [0.29, 0.717) is 18.3 Å². The Bertz CT molecular complexity index is 823. The first-order chi connectivity index (χ1) is 12.9. The molecule has 0 fully saturated rings. The van der Waals surface area contributed by atoms with Gasteiger partial charge in [0.15, 0.2) is 5.82 Å². The second-order valence-corrected chi connectivity index (χ2v) is 6.67. The summed E-state index contributed by atoms with van der Waals surface area (Å²) in [6, 6.07) is 3.58. The zero-order valence-corrected chi connectivity index (χ0v) is 15.2. The quantitative estimate of drug-likeness (QED) is 0.622. The summed E-state index contributed by atoms with van der Waals surface area (Å²) < 4.78 is 38.9. The van der Waals surface area contributed by atoms with Crippen molar-refractivity contribution in [3.05, 3.63) is 46.6 Å². The van der Waals surface area contributed by atoms with Crippen LogP contribution in [0, 0.1) is 0 Å². The largest absolute Gasteiger partial charge is 0.417 e. The minimum atomic E-state index is -4.53.